The van der Waals surface area contributed by atoms with E-state index in [0.717, 1.165) is 18.5 Å². The lowest BCUT2D eigenvalue weighted by Gasteiger charge is -1.97. The number of aromatic nitrogens is 4. The summed E-state index contributed by atoms with van der Waals surface area (Å²) >= 11 is 0. The van der Waals surface area contributed by atoms with Gasteiger partial charge in [-0.2, -0.15) is 5.10 Å². The topological polar surface area (TPSA) is 96.7 Å². The zero-order valence-electron chi connectivity index (χ0n) is 9.93. The Morgan fingerprint density at radius 3 is 3.06 bits per heavy atom. The van der Waals surface area contributed by atoms with Gasteiger partial charge in [0.15, 0.2) is 0 Å². The van der Waals surface area contributed by atoms with E-state index in [2.05, 4.69) is 25.7 Å². The minimum atomic E-state index is -0.259. The predicted octanol–water partition coefficient (Wildman–Crippen LogP) is 0.909. The zero-order valence-corrected chi connectivity index (χ0v) is 9.93. The van der Waals surface area contributed by atoms with E-state index in [0.29, 0.717) is 23.4 Å². The zero-order chi connectivity index (χ0) is 12.5. The second-order valence-corrected chi connectivity index (χ2v) is 4.43. The Balaban J connectivity index is 1.58. The molecule has 18 heavy (non-hydrogen) atoms. The molecule has 1 saturated carbocycles. The normalized spacial score (nSPS) is 14.7. The van der Waals surface area contributed by atoms with Gasteiger partial charge in [0.05, 0.1) is 6.54 Å². The molecule has 1 aliphatic carbocycles. The molecule has 1 amide bonds. The van der Waals surface area contributed by atoms with Crippen molar-refractivity contribution in [3.8, 4) is 0 Å². The second-order valence-electron chi connectivity index (χ2n) is 4.43. The highest BCUT2D eigenvalue weighted by Gasteiger charge is 2.29. The van der Waals surface area contributed by atoms with Gasteiger partial charge in [0.1, 0.15) is 5.69 Å². The lowest BCUT2D eigenvalue weighted by Crippen LogP contribution is -2.23. The number of carbonyl (C=O) groups excluding carboxylic acids is 1. The minimum Gasteiger partial charge on any atom is -0.423 e. The molecule has 0 atom stereocenters. The first-order valence-corrected chi connectivity index (χ1v) is 5.85. The van der Waals surface area contributed by atoms with E-state index >= 15 is 0 Å². The van der Waals surface area contributed by atoms with Crippen LogP contribution in [0.25, 0.3) is 0 Å². The van der Waals surface area contributed by atoms with Crippen molar-refractivity contribution in [3.05, 3.63) is 29.2 Å². The highest BCUT2D eigenvalue weighted by molar-refractivity contribution is 5.92. The fourth-order valence-electron chi connectivity index (χ4n) is 1.61. The molecule has 3 rings (SSSR count). The fraction of sp³-hybridized carbons (Fsp3) is 0.455. The molecule has 2 aromatic rings. The van der Waals surface area contributed by atoms with Crippen LogP contribution < -0.4 is 5.32 Å². The molecule has 1 aliphatic rings. The van der Waals surface area contributed by atoms with Gasteiger partial charge >= 0.3 is 0 Å². The maximum atomic E-state index is 11.7. The van der Waals surface area contributed by atoms with Gasteiger partial charge in [-0.3, -0.25) is 9.89 Å². The molecule has 2 N–H and O–H groups in total. The van der Waals surface area contributed by atoms with Crippen LogP contribution in [0.15, 0.2) is 10.5 Å². The number of H-pyrrole nitrogens is 1. The van der Waals surface area contributed by atoms with E-state index < -0.39 is 0 Å². The minimum absolute atomic E-state index is 0.227. The number of rotatable bonds is 4. The second kappa shape index (κ2) is 4.25. The number of hydrogen-bond acceptors (Lipinski definition) is 5. The van der Waals surface area contributed by atoms with Crippen LogP contribution in [0.1, 0.15) is 46.7 Å². The molecular weight excluding hydrogens is 234 g/mol. The van der Waals surface area contributed by atoms with Crippen molar-refractivity contribution in [1.29, 1.82) is 0 Å². The van der Waals surface area contributed by atoms with Gasteiger partial charge in [-0.1, -0.05) is 0 Å². The average molecular weight is 247 g/mol. The highest BCUT2D eigenvalue weighted by atomic mass is 16.4. The van der Waals surface area contributed by atoms with Crippen molar-refractivity contribution < 1.29 is 9.21 Å². The Labute approximate surface area is 103 Å². The van der Waals surface area contributed by atoms with E-state index in [-0.39, 0.29) is 12.5 Å². The van der Waals surface area contributed by atoms with E-state index in [4.69, 9.17) is 4.42 Å². The summed E-state index contributed by atoms with van der Waals surface area (Å²) in [6, 6.07) is 1.68. The molecule has 0 spiro atoms. The van der Waals surface area contributed by atoms with Crippen molar-refractivity contribution in [2.45, 2.75) is 32.2 Å². The third kappa shape index (κ3) is 2.24. The first-order valence-electron chi connectivity index (χ1n) is 5.85. The number of hydrogen-bond donors (Lipinski definition) is 2. The van der Waals surface area contributed by atoms with Crippen LogP contribution in [0.2, 0.25) is 0 Å². The van der Waals surface area contributed by atoms with Crippen LogP contribution in [-0.4, -0.2) is 26.3 Å². The number of aryl methyl sites for hydroxylation is 1. The fourth-order valence-corrected chi connectivity index (χ4v) is 1.61. The Kier molecular flexibility index (Phi) is 2.58. The van der Waals surface area contributed by atoms with Crippen LogP contribution in [0.5, 0.6) is 0 Å². The summed E-state index contributed by atoms with van der Waals surface area (Å²) in [6.45, 7) is 2.06. The van der Waals surface area contributed by atoms with Gasteiger partial charge < -0.3 is 9.73 Å². The molecular formula is C11H13N5O2. The Morgan fingerprint density at radius 2 is 2.39 bits per heavy atom. The maximum absolute atomic E-state index is 11.7. The van der Waals surface area contributed by atoms with E-state index in [1.54, 1.807) is 6.07 Å². The number of aromatic amines is 1. The number of amides is 1. The number of nitrogens with one attached hydrogen (secondary N) is 2. The van der Waals surface area contributed by atoms with E-state index in [9.17, 15) is 4.79 Å². The number of nitrogens with zero attached hydrogens (tertiary/aromatic N) is 3. The lowest BCUT2D eigenvalue weighted by molar-refractivity contribution is 0.0942. The molecule has 0 aromatic carbocycles. The standard InChI is InChI=1S/C11H13N5O2/c1-6-4-8(14-13-6)10(17)12-5-9-15-16-11(18-9)7-2-3-7/h4,7H,2-3,5H2,1H3,(H,12,17)(H,13,14). The van der Waals surface area contributed by atoms with Gasteiger partial charge in [0.2, 0.25) is 11.8 Å². The van der Waals surface area contributed by atoms with Crippen molar-refractivity contribution >= 4 is 5.91 Å². The summed E-state index contributed by atoms with van der Waals surface area (Å²) in [7, 11) is 0. The van der Waals surface area contributed by atoms with Crippen LogP contribution in [0, 0.1) is 6.92 Å². The first kappa shape index (κ1) is 10.9. The molecule has 0 bridgehead atoms. The first-order chi connectivity index (χ1) is 8.72. The summed E-state index contributed by atoms with van der Waals surface area (Å²) < 4.78 is 5.43. The molecule has 2 aromatic heterocycles. The van der Waals surface area contributed by atoms with Crippen LogP contribution in [0.3, 0.4) is 0 Å². The van der Waals surface area contributed by atoms with Crippen molar-refractivity contribution in [2.75, 3.05) is 0 Å². The summed E-state index contributed by atoms with van der Waals surface area (Å²) in [4.78, 5) is 11.7. The van der Waals surface area contributed by atoms with Crippen molar-refractivity contribution in [1.82, 2.24) is 25.7 Å². The third-order valence-corrected chi connectivity index (χ3v) is 2.75. The Bertz CT molecular complexity index is 570. The molecule has 7 heteroatoms. The molecule has 0 unspecified atom stereocenters. The maximum Gasteiger partial charge on any atom is 0.272 e. The van der Waals surface area contributed by atoms with Crippen molar-refractivity contribution in [3.63, 3.8) is 0 Å². The lowest BCUT2D eigenvalue weighted by atomic mass is 10.3. The number of carbonyl (C=O) groups is 1. The van der Waals surface area contributed by atoms with Gasteiger partial charge in [-0.25, -0.2) is 0 Å². The smallest absolute Gasteiger partial charge is 0.272 e. The summed E-state index contributed by atoms with van der Waals surface area (Å²) in [6.07, 6.45) is 2.22. The van der Waals surface area contributed by atoms with Crippen molar-refractivity contribution in [2.24, 2.45) is 0 Å². The molecule has 0 aliphatic heterocycles. The summed E-state index contributed by atoms with van der Waals surface area (Å²) in [5.41, 5.74) is 1.20. The van der Waals surface area contributed by atoms with Gasteiger partial charge in [-0.15, -0.1) is 10.2 Å². The van der Waals surface area contributed by atoms with E-state index in [1.165, 1.54) is 0 Å². The quantitative estimate of drug-likeness (QED) is 0.837. The molecule has 1 fully saturated rings. The predicted molar refractivity (Wildman–Crippen MR) is 60.8 cm³/mol. The molecule has 2 heterocycles. The summed E-state index contributed by atoms with van der Waals surface area (Å²) in [5, 5.41) is 17.1. The monoisotopic (exact) mass is 247 g/mol. The van der Waals surface area contributed by atoms with Gasteiger partial charge in [-0.05, 0) is 25.8 Å². The van der Waals surface area contributed by atoms with Gasteiger partial charge in [0.25, 0.3) is 5.91 Å². The molecule has 94 valence electrons. The Morgan fingerprint density at radius 1 is 1.56 bits per heavy atom. The van der Waals surface area contributed by atoms with Crippen LogP contribution in [-0.2, 0) is 6.54 Å². The summed E-state index contributed by atoms with van der Waals surface area (Å²) in [5.74, 6) is 1.27. The highest BCUT2D eigenvalue weighted by Crippen LogP contribution is 2.38. The largest absolute Gasteiger partial charge is 0.423 e. The SMILES string of the molecule is Cc1cc(C(=O)NCc2nnc(C3CC3)o2)n[nH]1. The molecule has 7 nitrogen and oxygen atoms in total. The van der Waals surface area contributed by atoms with Crippen LogP contribution in [0.4, 0.5) is 0 Å². The van der Waals surface area contributed by atoms with Crippen LogP contribution >= 0.6 is 0 Å². The average Bonchev–Trinajstić information content (AvgIpc) is 2.95. The molecule has 0 radical (unpaired) electrons. The molecule has 0 saturated heterocycles. The van der Waals surface area contributed by atoms with Gasteiger partial charge in [0, 0.05) is 11.6 Å². The van der Waals surface area contributed by atoms with E-state index in [1.807, 2.05) is 6.92 Å². The Hall–Kier alpha value is -2.18. The third-order valence-electron chi connectivity index (χ3n) is 2.75.